The van der Waals surface area contributed by atoms with Gasteiger partial charge in [0.25, 0.3) is 6.54 Å². The maximum atomic E-state index is 13.1. The highest BCUT2D eigenvalue weighted by atomic mass is 16.6. The fourth-order valence-corrected chi connectivity index (χ4v) is 3.88. The van der Waals surface area contributed by atoms with E-state index in [0.29, 0.717) is 24.4 Å². The molecule has 0 aromatic heterocycles. The lowest BCUT2D eigenvalue weighted by Gasteiger charge is -2.25. The molecule has 2 amide bonds. The van der Waals surface area contributed by atoms with Crippen molar-refractivity contribution in [2.24, 2.45) is 4.99 Å². The zero-order valence-corrected chi connectivity index (χ0v) is 17.8. The standard InChI is InChI=1S/C21H29N5O5/c1-31-17-8-6-7-16(13-17)22-19(14-26(29)30)23-18-9-2-3-12-25(21(18)28)15-20(27)24-10-4-5-11-24/h6-8,13,18H,2-5,9-12,14-15H2,1H3,(H,22,23). The van der Waals surface area contributed by atoms with Crippen molar-refractivity contribution in [2.45, 2.75) is 38.1 Å². The number of benzene rings is 1. The van der Waals surface area contributed by atoms with Crippen LogP contribution in [-0.4, -0.2) is 78.2 Å². The predicted octanol–water partition coefficient (Wildman–Crippen LogP) is 1.79. The monoisotopic (exact) mass is 431 g/mol. The van der Waals surface area contributed by atoms with E-state index in [9.17, 15) is 19.7 Å². The molecular formula is C21H29N5O5. The van der Waals surface area contributed by atoms with Crippen LogP contribution in [0.2, 0.25) is 0 Å². The summed E-state index contributed by atoms with van der Waals surface area (Å²) in [5.41, 5.74) is 0.585. The third kappa shape index (κ3) is 6.40. The SMILES string of the molecule is COc1cccc(NC(C[N+](=O)[O-])=NC2CCCCN(CC(=O)N3CCCC3)C2=O)c1. The first kappa shape index (κ1) is 22.5. The Bertz CT molecular complexity index is 837. The van der Waals surface area contributed by atoms with Crippen LogP contribution in [0.1, 0.15) is 32.1 Å². The lowest BCUT2D eigenvalue weighted by Crippen LogP contribution is -2.45. The van der Waals surface area contributed by atoms with Crippen molar-refractivity contribution >= 4 is 23.3 Å². The van der Waals surface area contributed by atoms with Crippen LogP contribution in [0.5, 0.6) is 5.75 Å². The fourth-order valence-electron chi connectivity index (χ4n) is 3.88. The van der Waals surface area contributed by atoms with Gasteiger partial charge in [-0.15, -0.1) is 0 Å². The Kier molecular flexibility index (Phi) is 7.80. The molecule has 1 atom stereocenters. The van der Waals surface area contributed by atoms with E-state index in [1.165, 1.54) is 7.11 Å². The van der Waals surface area contributed by atoms with Crippen LogP contribution in [0.25, 0.3) is 0 Å². The molecule has 1 unspecified atom stereocenters. The number of anilines is 1. The average molecular weight is 431 g/mol. The number of nitrogens with zero attached hydrogens (tertiary/aromatic N) is 4. The van der Waals surface area contributed by atoms with E-state index in [0.717, 1.165) is 38.8 Å². The van der Waals surface area contributed by atoms with Crippen molar-refractivity contribution < 1.29 is 19.2 Å². The molecule has 168 valence electrons. The minimum absolute atomic E-state index is 0.0404. The van der Waals surface area contributed by atoms with Crippen LogP contribution in [0.4, 0.5) is 5.69 Å². The topological polar surface area (TPSA) is 117 Å². The maximum Gasteiger partial charge on any atom is 0.260 e. The number of likely N-dealkylation sites (tertiary alicyclic amines) is 2. The Morgan fingerprint density at radius 1 is 1.26 bits per heavy atom. The number of ether oxygens (including phenoxy) is 1. The Balaban J connectivity index is 1.75. The summed E-state index contributed by atoms with van der Waals surface area (Å²) >= 11 is 0. The average Bonchev–Trinajstić information content (AvgIpc) is 3.23. The first-order valence-corrected chi connectivity index (χ1v) is 10.6. The Morgan fingerprint density at radius 3 is 2.71 bits per heavy atom. The summed E-state index contributed by atoms with van der Waals surface area (Å²) in [5, 5.41) is 14.1. The molecule has 0 spiro atoms. The number of amides is 2. The van der Waals surface area contributed by atoms with Crippen molar-refractivity contribution in [1.82, 2.24) is 9.80 Å². The maximum absolute atomic E-state index is 13.1. The van der Waals surface area contributed by atoms with Gasteiger partial charge < -0.3 is 19.9 Å². The summed E-state index contributed by atoms with van der Waals surface area (Å²) in [6, 6.07) is 6.22. The molecule has 1 aromatic carbocycles. The van der Waals surface area contributed by atoms with Crippen LogP contribution >= 0.6 is 0 Å². The van der Waals surface area contributed by atoms with Gasteiger partial charge >= 0.3 is 0 Å². The van der Waals surface area contributed by atoms with Crippen LogP contribution in [-0.2, 0) is 9.59 Å². The minimum atomic E-state index is -0.748. The lowest BCUT2D eigenvalue weighted by atomic mass is 10.1. The Labute approximate surface area is 181 Å². The number of nitrogens with one attached hydrogen (secondary N) is 1. The van der Waals surface area contributed by atoms with Gasteiger partial charge in [-0.1, -0.05) is 6.07 Å². The van der Waals surface area contributed by atoms with Gasteiger partial charge in [-0.2, -0.15) is 0 Å². The van der Waals surface area contributed by atoms with Crippen LogP contribution in [0.15, 0.2) is 29.3 Å². The van der Waals surface area contributed by atoms with Gasteiger partial charge in [0.15, 0.2) is 5.84 Å². The Morgan fingerprint density at radius 2 is 2.00 bits per heavy atom. The summed E-state index contributed by atoms with van der Waals surface area (Å²) < 4.78 is 5.18. The quantitative estimate of drug-likeness (QED) is 0.304. The first-order valence-electron chi connectivity index (χ1n) is 10.6. The molecule has 0 bridgehead atoms. The highest BCUT2D eigenvalue weighted by Gasteiger charge is 2.30. The second-order valence-corrected chi connectivity index (χ2v) is 7.78. The van der Waals surface area contributed by atoms with Gasteiger partial charge in [0, 0.05) is 36.3 Å². The van der Waals surface area contributed by atoms with E-state index in [2.05, 4.69) is 10.3 Å². The molecule has 2 saturated heterocycles. The van der Waals surface area contributed by atoms with E-state index in [1.807, 2.05) is 0 Å². The fraction of sp³-hybridized carbons (Fsp3) is 0.571. The van der Waals surface area contributed by atoms with Crippen LogP contribution in [0.3, 0.4) is 0 Å². The van der Waals surface area contributed by atoms with Gasteiger partial charge in [-0.05, 0) is 44.2 Å². The molecule has 1 aromatic rings. The van der Waals surface area contributed by atoms with Gasteiger partial charge in [-0.25, -0.2) is 0 Å². The number of amidine groups is 1. The normalized spacial score (nSPS) is 19.8. The molecule has 0 aliphatic carbocycles. The van der Waals surface area contributed by atoms with Gasteiger partial charge in [0.2, 0.25) is 11.8 Å². The van der Waals surface area contributed by atoms with Crippen molar-refractivity contribution in [2.75, 3.05) is 45.2 Å². The highest BCUT2D eigenvalue weighted by molar-refractivity contribution is 5.98. The number of carbonyl (C=O) groups is 2. The van der Waals surface area contributed by atoms with Crippen molar-refractivity contribution in [1.29, 1.82) is 0 Å². The number of hydrogen-bond acceptors (Lipinski definition) is 6. The Hall–Kier alpha value is -3.17. The summed E-state index contributed by atoms with van der Waals surface area (Å²) in [4.78, 5) is 44.1. The molecule has 2 aliphatic heterocycles. The largest absolute Gasteiger partial charge is 0.497 e. The van der Waals surface area contributed by atoms with Gasteiger partial charge in [0.1, 0.15) is 11.8 Å². The molecule has 10 heteroatoms. The summed E-state index contributed by atoms with van der Waals surface area (Å²) in [5.74, 6) is 0.403. The second-order valence-electron chi connectivity index (χ2n) is 7.78. The zero-order valence-electron chi connectivity index (χ0n) is 17.8. The van der Waals surface area contributed by atoms with E-state index in [-0.39, 0.29) is 24.2 Å². The van der Waals surface area contributed by atoms with Gasteiger partial charge in [-0.3, -0.25) is 24.7 Å². The van der Waals surface area contributed by atoms with Crippen molar-refractivity contribution in [3.8, 4) is 5.75 Å². The molecule has 10 nitrogen and oxygen atoms in total. The predicted molar refractivity (Wildman–Crippen MR) is 116 cm³/mol. The smallest absolute Gasteiger partial charge is 0.260 e. The van der Waals surface area contributed by atoms with Gasteiger partial charge in [0.05, 0.1) is 13.7 Å². The van der Waals surface area contributed by atoms with E-state index < -0.39 is 17.5 Å². The van der Waals surface area contributed by atoms with Crippen LogP contribution in [0, 0.1) is 10.1 Å². The number of aliphatic imine (C=N–C) groups is 1. The molecule has 3 rings (SSSR count). The third-order valence-electron chi connectivity index (χ3n) is 5.49. The molecule has 0 saturated carbocycles. The van der Waals surface area contributed by atoms with E-state index in [4.69, 9.17) is 4.74 Å². The van der Waals surface area contributed by atoms with Crippen molar-refractivity contribution in [3.63, 3.8) is 0 Å². The van der Waals surface area contributed by atoms with E-state index >= 15 is 0 Å². The summed E-state index contributed by atoms with van der Waals surface area (Å²) in [7, 11) is 1.54. The zero-order chi connectivity index (χ0) is 22.2. The molecule has 31 heavy (non-hydrogen) atoms. The summed E-state index contributed by atoms with van der Waals surface area (Å²) in [6.07, 6.45) is 4.02. The molecule has 2 fully saturated rings. The number of nitro groups is 1. The molecule has 0 radical (unpaired) electrons. The van der Waals surface area contributed by atoms with Crippen LogP contribution < -0.4 is 10.1 Å². The van der Waals surface area contributed by atoms with Crippen molar-refractivity contribution in [3.05, 3.63) is 34.4 Å². The molecule has 2 aliphatic rings. The summed E-state index contributed by atoms with van der Waals surface area (Å²) in [6.45, 7) is 1.48. The van der Waals surface area contributed by atoms with E-state index in [1.54, 1.807) is 34.1 Å². The molecular weight excluding hydrogens is 402 g/mol. The molecule has 2 heterocycles. The number of methoxy groups -OCH3 is 1. The number of rotatable bonds is 7. The minimum Gasteiger partial charge on any atom is -0.497 e. The molecule has 1 N–H and O–H groups in total. The number of carbonyl (C=O) groups excluding carboxylic acids is 2. The lowest BCUT2D eigenvalue weighted by molar-refractivity contribution is -0.463. The second kappa shape index (κ2) is 10.7. The highest BCUT2D eigenvalue weighted by Crippen LogP contribution is 2.19. The first-order chi connectivity index (χ1) is 15.0. The number of hydrogen-bond donors (Lipinski definition) is 1. The third-order valence-corrected chi connectivity index (χ3v) is 5.49.